The highest BCUT2D eigenvalue weighted by Gasteiger charge is 2.19. The van der Waals surface area contributed by atoms with Crippen molar-refractivity contribution in [2.45, 2.75) is 32.9 Å². The van der Waals surface area contributed by atoms with Gasteiger partial charge in [-0.3, -0.25) is 0 Å². The van der Waals surface area contributed by atoms with Gasteiger partial charge < -0.3 is 15.3 Å². The molecule has 7 heteroatoms. The lowest BCUT2D eigenvalue weighted by Crippen LogP contribution is -2.34. The second-order valence-corrected chi connectivity index (χ2v) is 5.15. The number of hydrogen-bond donors (Lipinski definition) is 2. The van der Waals surface area contributed by atoms with Crippen LogP contribution in [0.15, 0.2) is 36.4 Å². The number of rotatable bonds is 9. The minimum absolute atomic E-state index is 0.0376. The lowest BCUT2D eigenvalue weighted by Gasteiger charge is -2.28. The van der Waals surface area contributed by atoms with E-state index in [1.54, 1.807) is 6.20 Å². The lowest BCUT2D eigenvalue weighted by molar-refractivity contribution is 0.0697. The second kappa shape index (κ2) is 7.44. The zero-order valence-electron chi connectivity index (χ0n) is 13.3. The van der Waals surface area contributed by atoms with Crippen LogP contribution in [0.25, 0.3) is 0 Å². The van der Waals surface area contributed by atoms with Crippen LogP contribution in [0.4, 0.5) is 5.82 Å². The van der Waals surface area contributed by atoms with E-state index in [0.717, 1.165) is 5.82 Å². The van der Waals surface area contributed by atoms with Gasteiger partial charge in [0.05, 0.1) is 18.1 Å². The molecule has 0 radical (unpaired) electrons. The summed E-state index contributed by atoms with van der Waals surface area (Å²) >= 11 is 0. The molecule has 0 saturated heterocycles. The first-order valence-electron chi connectivity index (χ1n) is 6.94. The SMILES string of the molecule is C=CN(C(=C)NCC(C)n1ncc(C(=O)O)c1N=C)C(C)C. The van der Waals surface area contributed by atoms with Crippen LogP contribution < -0.4 is 5.32 Å². The molecule has 1 heterocycles. The van der Waals surface area contributed by atoms with Crippen molar-refractivity contribution in [3.63, 3.8) is 0 Å². The molecule has 0 amide bonds. The van der Waals surface area contributed by atoms with Gasteiger partial charge in [0.15, 0.2) is 5.82 Å². The molecule has 0 spiro atoms. The molecule has 22 heavy (non-hydrogen) atoms. The summed E-state index contributed by atoms with van der Waals surface area (Å²) in [5, 5.41) is 16.4. The molecule has 0 fully saturated rings. The Morgan fingerprint density at radius 3 is 2.68 bits per heavy atom. The first kappa shape index (κ1) is 17.5. The summed E-state index contributed by atoms with van der Waals surface area (Å²) in [7, 11) is 0. The minimum Gasteiger partial charge on any atom is -0.477 e. The molecule has 1 atom stereocenters. The van der Waals surface area contributed by atoms with Gasteiger partial charge in [-0.2, -0.15) is 5.10 Å². The molecule has 120 valence electrons. The van der Waals surface area contributed by atoms with Crippen molar-refractivity contribution < 1.29 is 9.90 Å². The molecule has 0 aliphatic rings. The summed E-state index contributed by atoms with van der Waals surface area (Å²) in [5.74, 6) is -0.108. The van der Waals surface area contributed by atoms with Crippen molar-refractivity contribution in [2.75, 3.05) is 6.54 Å². The molecule has 0 aliphatic carbocycles. The van der Waals surface area contributed by atoms with Crippen LogP contribution in [0.2, 0.25) is 0 Å². The van der Waals surface area contributed by atoms with Gasteiger partial charge in [0.25, 0.3) is 0 Å². The fourth-order valence-electron chi connectivity index (χ4n) is 2.06. The summed E-state index contributed by atoms with van der Waals surface area (Å²) in [6.45, 7) is 17.6. The number of carboxylic acids is 1. The summed E-state index contributed by atoms with van der Waals surface area (Å²) in [6, 6.07) is 0.116. The van der Waals surface area contributed by atoms with Gasteiger partial charge in [0.1, 0.15) is 5.56 Å². The summed E-state index contributed by atoms with van der Waals surface area (Å²) in [5.41, 5.74) is 0.0376. The van der Waals surface area contributed by atoms with Crippen LogP contribution >= 0.6 is 0 Å². The fourth-order valence-corrected chi connectivity index (χ4v) is 2.06. The average Bonchev–Trinajstić information content (AvgIpc) is 2.89. The van der Waals surface area contributed by atoms with E-state index in [1.165, 1.54) is 10.9 Å². The molecule has 1 rings (SSSR count). The van der Waals surface area contributed by atoms with Crippen LogP contribution in [0, 0.1) is 0 Å². The van der Waals surface area contributed by atoms with Crippen molar-refractivity contribution in [1.82, 2.24) is 20.0 Å². The highest BCUT2D eigenvalue weighted by atomic mass is 16.4. The Kier molecular flexibility index (Phi) is 5.91. The van der Waals surface area contributed by atoms with Crippen molar-refractivity contribution in [3.05, 3.63) is 36.9 Å². The Bertz CT molecular complexity index is 576. The third-order valence-electron chi connectivity index (χ3n) is 3.23. The van der Waals surface area contributed by atoms with Gasteiger partial charge in [0.2, 0.25) is 0 Å². The van der Waals surface area contributed by atoms with E-state index in [-0.39, 0.29) is 23.5 Å². The largest absolute Gasteiger partial charge is 0.477 e. The Morgan fingerprint density at radius 2 is 2.23 bits per heavy atom. The van der Waals surface area contributed by atoms with Gasteiger partial charge in [-0.25, -0.2) is 14.5 Å². The van der Waals surface area contributed by atoms with Crippen molar-refractivity contribution in [2.24, 2.45) is 4.99 Å². The van der Waals surface area contributed by atoms with Crippen LogP contribution in [0.3, 0.4) is 0 Å². The van der Waals surface area contributed by atoms with E-state index in [9.17, 15) is 4.79 Å². The smallest absolute Gasteiger partial charge is 0.341 e. The molecule has 2 N–H and O–H groups in total. The van der Waals surface area contributed by atoms with Gasteiger partial charge in [-0.15, -0.1) is 0 Å². The molecule has 1 aromatic rings. The molecule has 0 aromatic carbocycles. The molecular weight excluding hydrogens is 282 g/mol. The van der Waals surface area contributed by atoms with E-state index in [0.29, 0.717) is 6.54 Å². The zero-order valence-corrected chi connectivity index (χ0v) is 13.3. The number of nitrogens with zero attached hydrogens (tertiary/aromatic N) is 4. The van der Waals surface area contributed by atoms with Crippen molar-refractivity contribution in [3.8, 4) is 0 Å². The standard InChI is InChI=1S/C15H23N5O2/c1-7-19(10(2)3)12(5)17-8-11(4)20-14(16-6)13(9-18-20)15(21)22/h7,9-11,17H,1,5-6,8H2,2-4H3,(H,21,22). The average molecular weight is 305 g/mol. The first-order valence-corrected chi connectivity index (χ1v) is 6.94. The summed E-state index contributed by atoms with van der Waals surface area (Å²) in [4.78, 5) is 16.8. The molecule has 1 unspecified atom stereocenters. The van der Waals surface area contributed by atoms with Crippen molar-refractivity contribution >= 4 is 18.5 Å². The van der Waals surface area contributed by atoms with Crippen LogP contribution in [-0.4, -0.2) is 45.1 Å². The quantitative estimate of drug-likeness (QED) is 0.684. The van der Waals surface area contributed by atoms with E-state index >= 15 is 0 Å². The number of aromatic carboxylic acids is 1. The zero-order chi connectivity index (χ0) is 16.9. The Balaban J connectivity index is 2.80. The van der Waals surface area contributed by atoms with Crippen molar-refractivity contribution in [1.29, 1.82) is 0 Å². The number of carbonyl (C=O) groups is 1. The van der Waals surface area contributed by atoms with Crippen LogP contribution in [-0.2, 0) is 0 Å². The van der Waals surface area contributed by atoms with Gasteiger partial charge >= 0.3 is 5.97 Å². The van der Waals surface area contributed by atoms with Gasteiger partial charge in [-0.05, 0) is 33.7 Å². The monoisotopic (exact) mass is 305 g/mol. The topological polar surface area (TPSA) is 82.8 Å². The molecular formula is C15H23N5O2. The summed E-state index contributed by atoms with van der Waals surface area (Å²) in [6.07, 6.45) is 2.99. The number of nitrogens with one attached hydrogen (secondary N) is 1. The molecule has 0 aliphatic heterocycles. The first-order chi connectivity index (χ1) is 10.3. The fraction of sp³-hybridized carbons (Fsp3) is 0.400. The number of carboxylic acid groups (broad SMARTS) is 1. The van der Waals surface area contributed by atoms with E-state index in [4.69, 9.17) is 5.11 Å². The predicted molar refractivity (Wildman–Crippen MR) is 87.4 cm³/mol. The third-order valence-corrected chi connectivity index (χ3v) is 3.23. The minimum atomic E-state index is -1.07. The van der Waals surface area contributed by atoms with Gasteiger partial charge in [0, 0.05) is 12.6 Å². The molecule has 1 aromatic heterocycles. The number of hydrogen-bond acceptors (Lipinski definition) is 5. The second-order valence-electron chi connectivity index (χ2n) is 5.15. The molecule has 0 bridgehead atoms. The maximum Gasteiger partial charge on any atom is 0.341 e. The Hall–Kier alpha value is -2.57. The lowest BCUT2D eigenvalue weighted by atomic mass is 10.3. The van der Waals surface area contributed by atoms with Crippen LogP contribution in [0.1, 0.15) is 37.2 Å². The third kappa shape index (κ3) is 3.75. The maximum absolute atomic E-state index is 11.1. The highest BCUT2D eigenvalue weighted by molar-refractivity contribution is 5.92. The number of aliphatic imine (C=N–C) groups is 1. The predicted octanol–water partition coefficient (Wildman–Crippen LogP) is 2.39. The summed E-state index contributed by atoms with van der Waals surface area (Å²) < 4.78 is 1.53. The molecule has 0 saturated carbocycles. The Morgan fingerprint density at radius 1 is 1.59 bits per heavy atom. The van der Waals surface area contributed by atoms with Gasteiger partial charge in [-0.1, -0.05) is 13.2 Å². The normalized spacial score (nSPS) is 11.8. The van der Waals surface area contributed by atoms with E-state index in [2.05, 4.69) is 35.3 Å². The Labute approximate surface area is 130 Å². The highest BCUT2D eigenvalue weighted by Crippen LogP contribution is 2.22. The van der Waals surface area contributed by atoms with E-state index < -0.39 is 5.97 Å². The van der Waals surface area contributed by atoms with E-state index in [1.807, 2.05) is 25.7 Å². The van der Waals surface area contributed by atoms with Crippen LogP contribution in [0.5, 0.6) is 0 Å². The molecule has 7 nitrogen and oxygen atoms in total. The maximum atomic E-state index is 11.1. The number of aromatic nitrogens is 2.